The predicted molar refractivity (Wildman–Crippen MR) is 47.6 cm³/mol. The minimum atomic E-state index is 0.148. The van der Waals surface area contributed by atoms with Gasteiger partial charge >= 0.3 is 0 Å². The van der Waals surface area contributed by atoms with E-state index in [1.807, 2.05) is 6.92 Å². The lowest BCUT2D eigenvalue weighted by molar-refractivity contribution is -0.375. The van der Waals surface area contributed by atoms with E-state index >= 15 is 0 Å². The van der Waals surface area contributed by atoms with Crippen LogP contribution in [-0.2, 0) is 14.5 Å². The van der Waals surface area contributed by atoms with Crippen LogP contribution in [0.4, 0.5) is 0 Å². The van der Waals surface area contributed by atoms with Crippen LogP contribution in [0.15, 0.2) is 0 Å². The molecule has 2 fully saturated rings. The lowest BCUT2D eigenvalue weighted by Gasteiger charge is -2.32. The first-order chi connectivity index (χ1) is 5.29. The molecule has 11 heavy (non-hydrogen) atoms. The molecule has 0 aliphatic carbocycles. The molecule has 0 spiro atoms. The minimum absolute atomic E-state index is 0.148. The summed E-state index contributed by atoms with van der Waals surface area (Å²) in [7, 11) is 0. The number of alkyl halides is 1. The van der Waals surface area contributed by atoms with E-state index in [0.29, 0.717) is 3.92 Å². The number of halogens is 1. The molecule has 3 nitrogen and oxygen atoms in total. The maximum Gasteiger partial charge on any atom is 0.122 e. The third-order valence-electron chi connectivity index (χ3n) is 2.17. The largest absolute Gasteiger partial charge is 0.374 e. The van der Waals surface area contributed by atoms with Crippen molar-refractivity contribution in [3.05, 3.63) is 0 Å². The molecule has 0 saturated carbocycles. The maximum absolute atomic E-state index is 5.53. The fourth-order valence-electron chi connectivity index (χ4n) is 1.47. The predicted octanol–water partition coefficient (Wildman–Crippen LogP) is 1.30. The first-order valence-corrected chi connectivity index (χ1v) is 5.11. The van der Waals surface area contributed by atoms with Crippen molar-refractivity contribution in [1.82, 2.24) is 0 Å². The molecule has 4 heteroatoms. The van der Waals surface area contributed by atoms with Gasteiger partial charge in [0.2, 0.25) is 0 Å². The van der Waals surface area contributed by atoms with Crippen molar-refractivity contribution in [2.24, 2.45) is 0 Å². The molecule has 4 atom stereocenters. The highest BCUT2D eigenvalue weighted by Crippen LogP contribution is 2.32. The summed E-state index contributed by atoms with van der Waals surface area (Å²) < 4.78 is 5.95. The van der Waals surface area contributed by atoms with E-state index in [4.69, 9.17) is 14.5 Å². The van der Waals surface area contributed by atoms with Crippen LogP contribution in [0.25, 0.3) is 0 Å². The van der Waals surface area contributed by atoms with E-state index in [1.165, 1.54) is 0 Å². The van der Waals surface area contributed by atoms with Crippen LogP contribution in [0.2, 0.25) is 0 Å². The first-order valence-electron chi connectivity index (χ1n) is 3.87. The summed E-state index contributed by atoms with van der Waals surface area (Å²) in [6.07, 6.45) is 1.54. The topological polar surface area (TPSA) is 27.7 Å². The van der Waals surface area contributed by atoms with Crippen LogP contribution in [0.3, 0.4) is 0 Å². The van der Waals surface area contributed by atoms with Crippen molar-refractivity contribution in [3.8, 4) is 0 Å². The normalized spacial score (nSPS) is 50.7. The van der Waals surface area contributed by atoms with Gasteiger partial charge in [-0.3, -0.25) is 0 Å². The molecule has 0 unspecified atom stereocenters. The van der Waals surface area contributed by atoms with Gasteiger partial charge < -0.3 is 4.74 Å². The Morgan fingerprint density at radius 2 is 2.18 bits per heavy atom. The third kappa shape index (κ3) is 1.41. The molecule has 2 saturated heterocycles. The zero-order chi connectivity index (χ0) is 7.84. The molecule has 0 N–H and O–H groups in total. The van der Waals surface area contributed by atoms with Gasteiger partial charge in [0, 0.05) is 13.0 Å². The molecule has 0 aromatic carbocycles. The van der Waals surface area contributed by atoms with Crippen LogP contribution in [0.5, 0.6) is 0 Å². The van der Waals surface area contributed by atoms with Crippen molar-refractivity contribution >= 4 is 22.6 Å². The first kappa shape index (κ1) is 8.22. The standard InChI is InChI=1S/C7H11IO3/c1-4-6(8)7-5(11-10-4)2-3-9-7/h4-7H,2-3H2,1H3/t4-,5+,6-,7-/m1/s1. The Kier molecular flexibility index (Phi) is 2.36. The summed E-state index contributed by atoms with van der Waals surface area (Å²) in [4.78, 5) is 10.3. The number of hydrogen-bond acceptors (Lipinski definition) is 3. The quantitative estimate of drug-likeness (QED) is 0.377. The van der Waals surface area contributed by atoms with Gasteiger partial charge in [-0.05, 0) is 6.92 Å². The van der Waals surface area contributed by atoms with Crippen molar-refractivity contribution < 1.29 is 14.5 Å². The molecular formula is C7H11IO3. The van der Waals surface area contributed by atoms with Gasteiger partial charge in [-0.2, -0.15) is 0 Å². The summed E-state index contributed by atoms with van der Waals surface area (Å²) in [5.41, 5.74) is 0. The van der Waals surface area contributed by atoms with Gasteiger partial charge in [-0.25, -0.2) is 9.78 Å². The molecule has 2 heterocycles. The van der Waals surface area contributed by atoms with Crippen LogP contribution in [0.1, 0.15) is 13.3 Å². The third-order valence-corrected chi connectivity index (χ3v) is 3.89. The number of ether oxygens (including phenoxy) is 1. The zero-order valence-corrected chi connectivity index (χ0v) is 8.48. The Labute approximate surface area is 79.4 Å². The summed E-state index contributed by atoms with van der Waals surface area (Å²) in [6.45, 7) is 2.82. The zero-order valence-electron chi connectivity index (χ0n) is 6.33. The van der Waals surface area contributed by atoms with E-state index in [2.05, 4.69) is 22.6 Å². The highest BCUT2D eigenvalue weighted by atomic mass is 127. The van der Waals surface area contributed by atoms with E-state index in [-0.39, 0.29) is 18.3 Å². The van der Waals surface area contributed by atoms with Crippen molar-refractivity contribution in [2.45, 2.75) is 35.6 Å². The smallest absolute Gasteiger partial charge is 0.122 e. The minimum Gasteiger partial charge on any atom is -0.374 e. The number of fused-ring (bicyclic) bond motifs is 1. The molecule has 0 radical (unpaired) electrons. The highest BCUT2D eigenvalue weighted by Gasteiger charge is 2.42. The van der Waals surface area contributed by atoms with Gasteiger partial charge in [-0.15, -0.1) is 0 Å². The van der Waals surface area contributed by atoms with Crippen LogP contribution in [0, 0.1) is 0 Å². The van der Waals surface area contributed by atoms with Crippen LogP contribution >= 0.6 is 22.6 Å². The maximum atomic E-state index is 5.53. The average molecular weight is 270 g/mol. The van der Waals surface area contributed by atoms with Crippen molar-refractivity contribution in [1.29, 1.82) is 0 Å². The van der Waals surface area contributed by atoms with Gasteiger partial charge in [0.15, 0.2) is 0 Å². The Morgan fingerprint density at radius 3 is 3.00 bits per heavy atom. The summed E-state index contributed by atoms with van der Waals surface area (Å²) in [5, 5.41) is 0. The molecule has 0 aromatic heterocycles. The van der Waals surface area contributed by atoms with E-state index in [1.54, 1.807) is 0 Å². The van der Waals surface area contributed by atoms with Gasteiger partial charge in [-0.1, -0.05) is 22.6 Å². The second-order valence-corrected chi connectivity index (χ2v) is 4.44. The van der Waals surface area contributed by atoms with E-state index in [0.717, 1.165) is 13.0 Å². The Bertz CT molecular complexity index is 153. The molecule has 64 valence electrons. The number of rotatable bonds is 0. The fourth-order valence-corrected chi connectivity index (χ4v) is 2.26. The highest BCUT2D eigenvalue weighted by molar-refractivity contribution is 14.1. The Balaban J connectivity index is 2.06. The van der Waals surface area contributed by atoms with Gasteiger partial charge in [0.25, 0.3) is 0 Å². The fraction of sp³-hybridized carbons (Fsp3) is 1.00. The molecule has 0 amide bonds. The molecule has 2 aliphatic heterocycles. The SMILES string of the molecule is C[C@H]1OO[C@H]2CCO[C@H]2[C@@H]1I. The summed E-state index contributed by atoms with van der Waals surface area (Å²) in [5.74, 6) is 0. The summed E-state index contributed by atoms with van der Waals surface area (Å²) >= 11 is 2.37. The molecular weight excluding hydrogens is 259 g/mol. The molecule has 0 aromatic rings. The van der Waals surface area contributed by atoms with Gasteiger partial charge in [0.05, 0.1) is 3.92 Å². The second kappa shape index (κ2) is 3.16. The van der Waals surface area contributed by atoms with Crippen molar-refractivity contribution in [2.75, 3.05) is 6.61 Å². The van der Waals surface area contributed by atoms with Crippen LogP contribution in [-0.4, -0.2) is 28.8 Å². The lowest BCUT2D eigenvalue weighted by Crippen LogP contribution is -2.45. The molecule has 2 rings (SSSR count). The van der Waals surface area contributed by atoms with E-state index < -0.39 is 0 Å². The van der Waals surface area contributed by atoms with Crippen LogP contribution < -0.4 is 0 Å². The number of hydrogen-bond donors (Lipinski definition) is 0. The molecule has 0 bridgehead atoms. The average Bonchev–Trinajstić information content (AvgIpc) is 2.45. The second-order valence-electron chi connectivity index (χ2n) is 3.00. The summed E-state index contributed by atoms with van der Waals surface area (Å²) in [6, 6.07) is 0. The lowest BCUT2D eigenvalue weighted by atomic mass is 10.1. The van der Waals surface area contributed by atoms with Gasteiger partial charge in [0.1, 0.15) is 18.3 Å². The monoisotopic (exact) mass is 270 g/mol. The Morgan fingerprint density at radius 1 is 1.36 bits per heavy atom. The molecule has 2 aliphatic rings. The van der Waals surface area contributed by atoms with E-state index in [9.17, 15) is 0 Å². The van der Waals surface area contributed by atoms with Crippen molar-refractivity contribution in [3.63, 3.8) is 0 Å². The Hall–Kier alpha value is 0.610.